The second kappa shape index (κ2) is 5.26. The molecule has 0 fully saturated rings. The third-order valence-electron chi connectivity index (χ3n) is 2.48. The molecule has 0 aliphatic heterocycles. The van der Waals surface area contributed by atoms with E-state index in [4.69, 9.17) is 34.2 Å². The molecule has 0 atom stereocenters. The number of rotatable bonds is 2. The summed E-state index contributed by atoms with van der Waals surface area (Å²) in [6, 6.07) is 10.9. The lowest BCUT2D eigenvalue weighted by Gasteiger charge is -2.10. The molecular weight excluding hydrogens is 269 g/mol. The van der Waals surface area contributed by atoms with Gasteiger partial charge >= 0.3 is 0 Å². The van der Waals surface area contributed by atoms with Crippen molar-refractivity contribution in [3.8, 4) is 17.2 Å². The Morgan fingerprint density at radius 1 is 1.17 bits per heavy atom. The molecule has 0 aliphatic carbocycles. The minimum Gasteiger partial charge on any atom is -0.384 e. The number of hydrogen-bond acceptors (Lipinski definition) is 3. The van der Waals surface area contributed by atoms with Gasteiger partial charge in [0, 0.05) is 11.1 Å². The summed E-state index contributed by atoms with van der Waals surface area (Å²) < 4.78 is 0. The van der Waals surface area contributed by atoms with Gasteiger partial charge < -0.3 is 5.73 Å². The lowest BCUT2D eigenvalue weighted by molar-refractivity contribution is 1.13. The summed E-state index contributed by atoms with van der Waals surface area (Å²) in [6.45, 7) is 0. The highest BCUT2D eigenvalue weighted by Gasteiger charge is 2.12. The Labute approximate surface area is 115 Å². The van der Waals surface area contributed by atoms with Crippen molar-refractivity contribution < 1.29 is 0 Å². The van der Waals surface area contributed by atoms with Gasteiger partial charge in [-0.15, -0.1) is 0 Å². The van der Waals surface area contributed by atoms with E-state index >= 15 is 0 Å². The fourth-order valence-corrected chi connectivity index (χ4v) is 2.09. The number of benzene rings is 1. The summed E-state index contributed by atoms with van der Waals surface area (Å²) in [5.74, 6) is 0.377. The molecule has 0 saturated carbocycles. The van der Waals surface area contributed by atoms with Crippen molar-refractivity contribution in [2.75, 3.05) is 5.73 Å². The van der Waals surface area contributed by atoms with E-state index in [1.807, 2.05) is 6.07 Å². The third-order valence-corrected chi connectivity index (χ3v) is 3.30. The molecule has 2 aromatic rings. The van der Waals surface area contributed by atoms with Gasteiger partial charge in [0.2, 0.25) is 0 Å². The van der Waals surface area contributed by atoms with Crippen LogP contribution in [0.15, 0.2) is 30.3 Å². The Hall–Kier alpha value is -1.76. The number of nitrogens with zero attached hydrogens (tertiary/aromatic N) is 2. The largest absolute Gasteiger partial charge is 0.384 e. The highest BCUT2D eigenvalue weighted by Crippen LogP contribution is 2.35. The first kappa shape index (κ1) is 12.7. The molecule has 1 aromatic carbocycles. The van der Waals surface area contributed by atoms with Crippen LogP contribution in [0.25, 0.3) is 11.1 Å². The Balaban J connectivity index is 2.64. The molecule has 3 nitrogen and oxygen atoms in total. The third kappa shape index (κ3) is 2.40. The SMILES string of the molecule is N#CCc1nc(N)ccc1-c1cccc(Cl)c1Cl. The van der Waals surface area contributed by atoms with E-state index in [0.29, 0.717) is 21.6 Å². The fraction of sp³-hybridized carbons (Fsp3) is 0.0769. The van der Waals surface area contributed by atoms with Crippen molar-refractivity contribution in [3.05, 3.63) is 46.1 Å². The van der Waals surface area contributed by atoms with Crippen LogP contribution < -0.4 is 5.73 Å². The van der Waals surface area contributed by atoms with E-state index < -0.39 is 0 Å². The van der Waals surface area contributed by atoms with Crippen LogP contribution in [0.3, 0.4) is 0 Å². The molecule has 5 heteroatoms. The average Bonchev–Trinajstić information content (AvgIpc) is 2.34. The van der Waals surface area contributed by atoms with Gasteiger partial charge in [0.1, 0.15) is 5.82 Å². The highest BCUT2D eigenvalue weighted by molar-refractivity contribution is 6.43. The quantitative estimate of drug-likeness (QED) is 0.910. The minimum atomic E-state index is 0.170. The van der Waals surface area contributed by atoms with Crippen LogP contribution in [0.2, 0.25) is 10.0 Å². The van der Waals surface area contributed by atoms with E-state index in [2.05, 4.69) is 11.1 Å². The summed E-state index contributed by atoms with van der Waals surface area (Å²) >= 11 is 12.1. The van der Waals surface area contributed by atoms with Gasteiger partial charge in [-0.05, 0) is 18.2 Å². The van der Waals surface area contributed by atoms with Crippen molar-refractivity contribution in [2.24, 2.45) is 0 Å². The van der Waals surface area contributed by atoms with E-state index in [-0.39, 0.29) is 6.42 Å². The first-order valence-corrected chi connectivity index (χ1v) is 5.96. The molecule has 1 aromatic heterocycles. The van der Waals surface area contributed by atoms with E-state index in [0.717, 1.165) is 11.1 Å². The second-order valence-electron chi connectivity index (χ2n) is 3.67. The Morgan fingerprint density at radius 2 is 1.94 bits per heavy atom. The number of nitrogens with two attached hydrogens (primary N) is 1. The normalized spacial score (nSPS) is 10.1. The van der Waals surface area contributed by atoms with Crippen LogP contribution in [0.1, 0.15) is 5.69 Å². The molecule has 0 saturated heterocycles. The highest BCUT2D eigenvalue weighted by atomic mass is 35.5. The molecule has 0 spiro atoms. The van der Waals surface area contributed by atoms with Gasteiger partial charge in [-0.3, -0.25) is 0 Å². The number of aromatic nitrogens is 1. The van der Waals surface area contributed by atoms with Gasteiger partial charge in [-0.2, -0.15) is 5.26 Å². The maximum atomic E-state index is 8.82. The molecule has 1 heterocycles. The van der Waals surface area contributed by atoms with E-state index in [1.54, 1.807) is 24.3 Å². The van der Waals surface area contributed by atoms with Crippen LogP contribution in [0, 0.1) is 11.3 Å². The first-order valence-electron chi connectivity index (χ1n) is 5.20. The number of halogens is 2. The number of anilines is 1. The topological polar surface area (TPSA) is 62.7 Å². The predicted molar refractivity (Wildman–Crippen MR) is 73.4 cm³/mol. The zero-order valence-corrected chi connectivity index (χ0v) is 10.8. The number of pyridine rings is 1. The van der Waals surface area contributed by atoms with E-state index in [9.17, 15) is 0 Å². The van der Waals surface area contributed by atoms with Crippen molar-refractivity contribution in [2.45, 2.75) is 6.42 Å². The zero-order chi connectivity index (χ0) is 13.1. The lowest BCUT2D eigenvalue weighted by Crippen LogP contribution is -1.98. The van der Waals surface area contributed by atoms with Crippen LogP contribution >= 0.6 is 23.2 Å². The van der Waals surface area contributed by atoms with Crippen LogP contribution in [-0.2, 0) is 6.42 Å². The molecule has 18 heavy (non-hydrogen) atoms. The minimum absolute atomic E-state index is 0.170. The summed E-state index contributed by atoms with van der Waals surface area (Å²) in [7, 11) is 0. The fourth-order valence-electron chi connectivity index (χ4n) is 1.68. The van der Waals surface area contributed by atoms with E-state index in [1.165, 1.54) is 0 Å². The van der Waals surface area contributed by atoms with Gasteiger partial charge in [0.15, 0.2) is 0 Å². The lowest BCUT2D eigenvalue weighted by atomic mass is 10.0. The smallest absolute Gasteiger partial charge is 0.123 e. The monoisotopic (exact) mass is 277 g/mol. The van der Waals surface area contributed by atoms with Gasteiger partial charge in [0.05, 0.1) is 28.2 Å². The molecular formula is C13H9Cl2N3. The van der Waals surface area contributed by atoms with Crippen LogP contribution in [-0.4, -0.2) is 4.98 Å². The first-order chi connectivity index (χ1) is 8.63. The maximum absolute atomic E-state index is 8.82. The Kier molecular flexibility index (Phi) is 3.71. The molecule has 0 amide bonds. The second-order valence-corrected chi connectivity index (χ2v) is 4.45. The van der Waals surface area contributed by atoms with Crippen molar-refractivity contribution >= 4 is 29.0 Å². The number of nitriles is 1. The molecule has 0 radical (unpaired) electrons. The molecule has 2 rings (SSSR count). The number of hydrogen-bond donors (Lipinski definition) is 1. The van der Waals surface area contributed by atoms with Crippen LogP contribution in [0.4, 0.5) is 5.82 Å². The van der Waals surface area contributed by atoms with Crippen molar-refractivity contribution in [1.82, 2.24) is 4.98 Å². The van der Waals surface area contributed by atoms with Gasteiger partial charge in [-0.1, -0.05) is 35.3 Å². The van der Waals surface area contributed by atoms with Crippen LogP contribution in [0.5, 0.6) is 0 Å². The summed E-state index contributed by atoms with van der Waals surface area (Å²) in [5, 5.41) is 9.73. The maximum Gasteiger partial charge on any atom is 0.123 e. The number of nitrogen functional groups attached to an aromatic ring is 1. The van der Waals surface area contributed by atoms with Gasteiger partial charge in [-0.25, -0.2) is 4.98 Å². The zero-order valence-electron chi connectivity index (χ0n) is 9.32. The summed E-state index contributed by atoms with van der Waals surface area (Å²) in [6.07, 6.45) is 0.170. The average molecular weight is 278 g/mol. The Morgan fingerprint density at radius 3 is 2.67 bits per heavy atom. The predicted octanol–water partition coefficient (Wildman–Crippen LogP) is 3.70. The molecule has 90 valence electrons. The Bertz CT molecular complexity index is 633. The van der Waals surface area contributed by atoms with Crippen molar-refractivity contribution in [1.29, 1.82) is 5.26 Å². The molecule has 0 aliphatic rings. The molecule has 0 unspecified atom stereocenters. The molecule has 2 N–H and O–H groups in total. The summed E-state index contributed by atoms with van der Waals surface area (Å²) in [4.78, 5) is 4.16. The van der Waals surface area contributed by atoms with Gasteiger partial charge in [0.25, 0.3) is 0 Å². The summed E-state index contributed by atoms with van der Waals surface area (Å²) in [5.41, 5.74) is 7.75. The van der Waals surface area contributed by atoms with Crippen molar-refractivity contribution in [3.63, 3.8) is 0 Å². The standard InChI is InChI=1S/C13H9Cl2N3/c14-10-3-1-2-9(13(10)15)8-4-5-12(17)18-11(8)6-7-16/h1-5H,6H2,(H2,17,18). The molecule has 0 bridgehead atoms.